The molecule has 1 amide bonds. The summed E-state index contributed by atoms with van der Waals surface area (Å²) in [7, 11) is 0. The fourth-order valence-electron chi connectivity index (χ4n) is 1.96. The molecule has 110 valence electrons. The number of Topliss-reactive ketones (excluding diaryl/α,β-unsaturated/α-hetero) is 1. The van der Waals surface area contributed by atoms with E-state index in [1.54, 1.807) is 24.3 Å². The number of ketones is 1. The van der Waals surface area contributed by atoms with Gasteiger partial charge in [0.2, 0.25) is 0 Å². The first-order valence-electron chi connectivity index (χ1n) is 6.66. The Morgan fingerprint density at radius 3 is 2.33 bits per heavy atom. The van der Waals surface area contributed by atoms with Gasteiger partial charge in [0.05, 0.1) is 11.4 Å². The van der Waals surface area contributed by atoms with E-state index in [0.717, 1.165) is 5.69 Å². The number of aromatic amines is 1. The highest BCUT2D eigenvalue weighted by molar-refractivity contribution is 6.06. The summed E-state index contributed by atoms with van der Waals surface area (Å²) >= 11 is 0. The fraction of sp³-hybridized carbons (Fsp3) is 0.267. The van der Waals surface area contributed by atoms with Crippen LogP contribution in [-0.2, 0) is 0 Å². The smallest absolute Gasteiger partial charge is 0.278 e. The summed E-state index contributed by atoms with van der Waals surface area (Å²) in [5.41, 5.74) is 8.38. The van der Waals surface area contributed by atoms with Gasteiger partial charge in [0.1, 0.15) is 0 Å². The van der Waals surface area contributed by atoms with Gasteiger partial charge in [-0.15, -0.1) is 0 Å². The molecular formula is C15H18N4O2. The normalized spacial score (nSPS) is 10.7. The first kappa shape index (κ1) is 14.8. The molecule has 6 heteroatoms. The minimum atomic E-state index is -0.383. The lowest BCUT2D eigenvalue weighted by molar-refractivity contribution is 0.101. The molecule has 1 aromatic heterocycles. The molecule has 0 aliphatic heterocycles. The molecule has 1 heterocycles. The highest BCUT2D eigenvalue weighted by Gasteiger charge is 2.18. The average Bonchev–Trinajstić information content (AvgIpc) is 2.81. The van der Waals surface area contributed by atoms with E-state index in [4.69, 9.17) is 5.73 Å². The van der Waals surface area contributed by atoms with Gasteiger partial charge in [0, 0.05) is 11.3 Å². The van der Waals surface area contributed by atoms with Crippen LogP contribution in [0.15, 0.2) is 24.3 Å². The summed E-state index contributed by atoms with van der Waals surface area (Å²) < 4.78 is 0. The van der Waals surface area contributed by atoms with Crippen molar-refractivity contribution >= 4 is 23.1 Å². The number of rotatable bonds is 4. The molecule has 0 spiro atoms. The van der Waals surface area contributed by atoms with Crippen LogP contribution in [0.1, 0.15) is 53.2 Å². The molecule has 0 radical (unpaired) electrons. The van der Waals surface area contributed by atoms with Crippen molar-refractivity contribution < 1.29 is 9.59 Å². The van der Waals surface area contributed by atoms with Gasteiger partial charge < -0.3 is 11.1 Å². The van der Waals surface area contributed by atoms with Crippen molar-refractivity contribution in [2.45, 2.75) is 26.7 Å². The number of hydrogen-bond acceptors (Lipinski definition) is 4. The minimum Gasteiger partial charge on any atom is -0.395 e. The molecule has 0 bridgehead atoms. The summed E-state index contributed by atoms with van der Waals surface area (Å²) in [4.78, 5) is 23.3. The second kappa shape index (κ2) is 5.78. The number of aromatic nitrogens is 2. The summed E-state index contributed by atoms with van der Waals surface area (Å²) in [6.07, 6.45) is 0. The highest BCUT2D eigenvalue weighted by Crippen LogP contribution is 2.22. The molecule has 2 aromatic rings. The average molecular weight is 286 g/mol. The van der Waals surface area contributed by atoms with E-state index in [9.17, 15) is 9.59 Å². The predicted molar refractivity (Wildman–Crippen MR) is 81.5 cm³/mol. The summed E-state index contributed by atoms with van der Waals surface area (Å²) in [6.45, 7) is 5.42. The lowest BCUT2D eigenvalue weighted by atomic mass is 10.1. The number of carbonyl (C=O) groups is 2. The molecule has 0 aliphatic carbocycles. The van der Waals surface area contributed by atoms with Gasteiger partial charge in [-0.25, -0.2) is 0 Å². The summed E-state index contributed by atoms with van der Waals surface area (Å²) in [6, 6.07) is 6.65. The molecule has 2 rings (SSSR count). The number of nitrogens with zero attached hydrogens (tertiary/aromatic N) is 1. The third-order valence-corrected chi connectivity index (χ3v) is 3.18. The second-order valence-corrected chi connectivity index (χ2v) is 5.14. The van der Waals surface area contributed by atoms with Crippen LogP contribution < -0.4 is 11.1 Å². The number of amides is 1. The van der Waals surface area contributed by atoms with E-state index in [2.05, 4.69) is 15.5 Å². The number of nitrogens with one attached hydrogen (secondary N) is 2. The number of nitrogens with two attached hydrogens (primary N) is 1. The van der Waals surface area contributed by atoms with Crippen LogP contribution in [0.5, 0.6) is 0 Å². The third-order valence-electron chi connectivity index (χ3n) is 3.18. The van der Waals surface area contributed by atoms with Gasteiger partial charge in [-0.3, -0.25) is 14.7 Å². The van der Waals surface area contributed by atoms with E-state index >= 15 is 0 Å². The van der Waals surface area contributed by atoms with E-state index in [1.807, 2.05) is 13.8 Å². The van der Waals surface area contributed by atoms with Gasteiger partial charge in [-0.05, 0) is 37.1 Å². The first-order valence-corrected chi connectivity index (χ1v) is 6.66. The Kier molecular flexibility index (Phi) is 4.07. The van der Waals surface area contributed by atoms with Crippen LogP contribution in [0, 0.1) is 0 Å². The van der Waals surface area contributed by atoms with Gasteiger partial charge in [0.15, 0.2) is 11.5 Å². The molecule has 4 N–H and O–H groups in total. The maximum atomic E-state index is 12.1. The monoisotopic (exact) mass is 286 g/mol. The molecule has 0 unspecified atom stereocenters. The Bertz CT molecular complexity index is 671. The van der Waals surface area contributed by atoms with E-state index in [0.29, 0.717) is 16.9 Å². The van der Waals surface area contributed by atoms with Gasteiger partial charge >= 0.3 is 0 Å². The summed E-state index contributed by atoms with van der Waals surface area (Å²) in [5.74, 6) is -0.244. The number of carbonyl (C=O) groups excluding carboxylic acids is 2. The zero-order valence-corrected chi connectivity index (χ0v) is 12.2. The van der Waals surface area contributed by atoms with Gasteiger partial charge in [-0.1, -0.05) is 13.8 Å². The number of hydrogen-bond donors (Lipinski definition) is 3. The lowest BCUT2D eigenvalue weighted by Crippen LogP contribution is -2.14. The Labute approximate surface area is 122 Å². The fourth-order valence-corrected chi connectivity index (χ4v) is 1.96. The van der Waals surface area contributed by atoms with Crippen molar-refractivity contribution in [2.24, 2.45) is 0 Å². The standard InChI is InChI=1S/C15H18N4O2/c1-8(2)13-12(16)14(19-18-13)15(21)17-11-6-4-10(5-7-11)9(3)20/h4-8H,16H2,1-3H3,(H,17,21)(H,18,19). The van der Waals surface area contributed by atoms with Crippen LogP contribution >= 0.6 is 0 Å². The van der Waals surface area contributed by atoms with Crippen LogP contribution in [0.2, 0.25) is 0 Å². The maximum absolute atomic E-state index is 12.1. The SMILES string of the molecule is CC(=O)c1ccc(NC(=O)c2n[nH]c(C(C)C)c2N)cc1. The minimum absolute atomic E-state index is 0.0222. The molecule has 0 saturated carbocycles. The van der Waals surface area contributed by atoms with Crippen molar-refractivity contribution in [3.63, 3.8) is 0 Å². The van der Waals surface area contributed by atoms with Crippen molar-refractivity contribution in [3.8, 4) is 0 Å². The number of anilines is 2. The third kappa shape index (κ3) is 3.10. The largest absolute Gasteiger partial charge is 0.395 e. The summed E-state index contributed by atoms with van der Waals surface area (Å²) in [5, 5.41) is 9.45. The number of nitrogen functional groups attached to an aromatic ring is 1. The Morgan fingerprint density at radius 1 is 1.24 bits per heavy atom. The Morgan fingerprint density at radius 2 is 1.86 bits per heavy atom. The maximum Gasteiger partial charge on any atom is 0.278 e. The van der Waals surface area contributed by atoms with Gasteiger partial charge in [0.25, 0.3) is 5.91 Å². The van der Waals surface area contributed by atoms with E-state index < -0.39 is 0 Å². The Hall–Kier alpha value is -2.63. The van der Waals surface area contributed by atoms with Crippen LogP contribution in [-0.4, -0.2) is 21.9 Å². The molecule has 6 nitrogen and oxygen atoms in total. The zero-order chi connectivity index (χ0) is 15.6. The van der Waals surface area contributed by atoms with Crippen LogP contribution in [0.3, 0.4) is 0 Å². The molecule has 0 aliphatic rings. The molecular weight excluding hydrogens is 268 g/mol. The quantitative estimate of drug-likeness (QED) is 0.752. The van der Waals surface area contributed by atoms with Crippen molar-refractivity contribution in [1.29, 1.82) is 0 Å². The highest BCUT2D eigenvalue weighted by atomic mass is 16.2. The molecule has 0 fully saturated rings. The Balaban J connectivity index is 2.16. The second-order valence-electron chi connectivity index (χ2n) is 5.14. The van der Waals surface area contributed by atoms with Crippen LogP contribution in [0.4, 0.5) is 11.4 Å². The van der Waals surface area contributed by atoms with Gasteiger partial charge in [-0.2, -0.15) is 5.10 Å². The van der Waals surface area contributed by atoms with Crippen molar-refractivity contribution in [2.75, 3.05) is 11.1 Å². The molecule has 0 atom stereocenters. The van der Waals surface area contributed by atoms with Crippen LogP contribution in [0.25, 0.3) is 0 Å². The zero-order valence-electron chi connectivity index (χ0n) is 12.2. The van der Waals surface area contributed by atoms with E-state index in [-0.39, 0.29) is 23.3 Å². The lowest BCUT2D eigenvalue weighted by Gasteiger charge is -2.05. The molecule has 1 aromatic carbocycles. The van der Waals surface area contributed by atoms with Crippen molar-refractivity contribution in [1.82, 2.24) is 10.2 Å². The topological polar surface area (TPSA) is 101 Å². The number of benzene rings is 1. The van der Waals surface area contributed by atoms with E-state index in [1.165, 1.54) is 6.92 Å². The number of H-pyrrole nitrogens is 1. The molecule has 0 saturated heterocycles. The van der Waals surface area contributed by atoms with Crippen molar-refractivity contribution in [3.05, 3.63) is 41.2 Å². The first-order chi connectivity index (χ1) is 9.90. The molecule has 21 heavy (non-hydrogen) atoms. The predicted octanol–water partition coefficient (Wildman–Crippen LogP) is 2.57.